The summed E-state index contributed by atoms with van der Waals surface area (Å²) in [6.45, 7) is 4.60. The van der Waals surface area contributed by atoms with E-state index < -0.39 is 60.5 Å². The minimum atomic E-state index is -8.29. The second-order valence-corrected chi connectivity index (χ2v) is 5.73. The predicted molar refractivity (Wildman–Crippen MR) is 70.1 cm³/mol. The predicted octanol–water partition coefficient (Wildman–Crippen LogP) is 5.34. The number of carboxylic acid groups (broad SMARTS) is 1. The van der Waals surface area contributed by atoms with Gasteiger partial charge in [0.25, 0.3) is 6.43 Å². The first-order valence-corrected chi connectivity index (χ1v) is 7.10. The number of alkyl halides is 16. The van der Waals surface area contributed by atoms with Crippen molar-refractivity contribution in [2.24, 2.45) is 0 Å². The van der Waals surface area contributed by atoms with Crippen LogP contribution in [-0.2, 0) is 4.79 Å². The molecule has 32 heavy (non-hydrogen) atoms. The van der Waals surface area contributed by atoms with Gasteiger partial charge in [-0.15, -0.1) is 0 Å². The summed E-state index contributed by atoms with van der Waals surface area (Å²) in [6, 6.07) is 0. The molecule has 192 valence electrons. The van der Waals surface area contributed by atoms with E-state index in [1.54, 1.807) is 0 Å². The highest BCUT2D eigenvalue weighted by atomic mass is 19.4. The summed E-state index contributed by atoms with van der Waals surface area (Å²) in [5, 5.41) is 15.3. The minimum absolute atomic E-state index is 0.176. The second-order valence-electron chi connectivity index (χ2n) is 5.73. The zero-order chi connectivity index (χ0) is 26.9. The molecule has 0 bridgehead atoms. The van der Waals surface area contributed by atoms with Crippen molar-refractivity contribution < 1.29 is 85.3 Å². The van der Waals surface area contributed by atoms with Crippen LogP contribution < -0.4 is 0 Å². The summed E-state index contributed by atoms with van der Waals surface area (Å²) in [6.07, 6.45) is -22.7. The Balaban J connectivity index is 0. The van der Waals surface area contributed by atoms with Gasteiger partial charge in [-0.05, 0) is 6.92 Å². The maximum absolute atomic E-state index is 13.0. The first-order chi connectivity index (χ1) is 13.7. The second kappa shape index (κ2) is 9.50. The molecular formula is C13H10F16O3. The standard InChI is InChI=1S/C9H4F16O.C4H6O2/c10-1(3(12)13)2(11)4(14,15)5(16,17)6(18,19)7(20,21)8(22,23)9(24,25)26;1-3(2)4(5)6/h1-3,26H;1H2,2H3,(H,5,6). The molecule has 0 aromatic carbocycles. The largest absolute Gasteiger partial charge is 0.478 e. The molecule has 0 heterocycles. The maximum atomic E-state index is 13.0. The van der Waals surface area contributed by atoms with Gasteiger partial charge >= 0.3 is 41.7 Å². The lowest BCUT2D eigenvalue weighted by Crippen LogP contribution is -2.72. The summed E-state index contributed by atoms with van der Waals surface area (Å²) in [5.41, 5.74) is 0.176. The fraction of sp³-hybridized carbons (Fsp3) is 0.769. The third-order valence-electron chi connectivity index (χ3n) is 3.21. The van der Waals surface area contributed by atoms with Crippen molar-refractivity contribution >= 4 is 5.97 Å². The first kappa shape index (κ1) is 32.2. The summed E-state index contributed by atoms with van der Waals surface area (Å²) in [7, 11) is 0. The van der Waals surface area contributed by atoms with Crippen LogP contribution in [0.2, 0.25) is 0 Å². The van der Waals surface area contributed by atoms with Crippen LogP contribution in [0.1, 0.15) is 6.92 Å². The number of carbonyl (C=O) groups is 1. The topological polar surface area (TPSA) is 57.5 Å². The smallest absolute Gasteiger partial charge is 0.423 e. The summed E-state index contributed by atoms with van der Waals surface area (Å²) in [5.74, 6) is -40.8. The van der Waals surface area contributed by atoms with E-state index in [0.717, 1.165) is 0 Å². The third kappa shape index (κ3) is 5.51. The van der Waals surface area contributed by atoms with Crippen LogP contribution in [0.5, 0.6) is 0 Å². The lowest BCUT2D eigenvalue weighted by atomic mass is 9.90. The van der Waals surface area contributed by atoms with E-state index in [1.807, 2.05) is 0 Å². The van der Waals surface area contributed by atoms with Crippen molar-refractivity contribution in [2.75, 3.05) is 0 Å². The monoisotopic (exact) mass is 518 g/mol. The number of aliphatic hydroxyl groups is 1. The van der Waals surface area contributed by atoms with Crippen molar-refractivity contribution in [3.8, 4) is 0 Å². The van der Waals surface area contributed by atoms with Gasteiger partial charge in [-0.1, -0.05) is 6.58 Å². The molecule has 0 saturated heterocycles. The molecule has 2 unspecified atom stereocenters. The van der Waals surface area contributed by atoms with E-state index in [4.69, 9.17) is 10.2 Å². The van der Waals surface area contributed by atoms with Gasteiger partial charge < -0.3 is 10.2 Å². The maximum Gasteiger partial charge on any atom is 0.423 e. The van der Waals surface area contributed by atoms with Gasteiger partial charge in [0.1, 0.15) is 0 Å². The molecule has 0 aliphatic heterocycles. The zero-order valence-electron chi connectivity index (χ0n) is 14.8. The van der Waals surface area contributed by atoms with Gasteiger partial charge in [0, 0.05) is 5.57 Å². The fourth-order valence-corrected chi connectivity index (χ4v) is 1.29. The van der Waals surface area contributed by atoms with Crippen molar-refractivity contribution in [2.45, 2.75) is 61.4 Å². The highest BCUT2D eigenvalue weighted by Crippen LogP contribution is 2.60. The highest BCUT2D eigenvalue weighted by molar-refractivity contribution is 5.84. The van der Waals surface area contributed by atoms with Crippen LogP contribution in [-0.4, -0.2) is 70.7 Å². The van der Waals surface area contributed by atoms with Crippen molar-refractivity contribution in [3.63, 3.8) is 0 Å². The highest BCUT2D eigenvalue weighted by Gasteiger charge is 2.91. The molecule has 0 amide bonds. The summed E-state index contributed by atoms with van der Waals surface area (Å²) >= 11 is 0. The van der Waals surface area contributed by atoms with Gasteiger partial charge in [-0.25, -0.2) is 22.4 Å². The SMILES string of the molecule is C=C(C)C(=O)O.OC(F)(F)C(F)(F)C(F)(F)C(F)(F)C(F)(F)C(F)(F)C(F)C(F)C(F)F. The van der Waals surface area contributed by atoms with Gasteiger partial charge in [-0.2, -0.15) is 52.7 Å². The van der Waals surface area contributed by atoms with Crippen LogP contribution in [0.25, 0.3) is 0 Å². The Morgan fingerprint density at radius 2 is 1.00 bits per heavy atom. The lowest BCUT2D eigenvalue weighted by Gasteiger charge is -2.41. The number of carboxylic acids is 1. The minimum Gasteiger partial charge on any atom is -0.478 e. The average molecular weight is 518 g/mol. The zero-order valence-corrected chi connectivity index (χ0v) is 14.8. The molecule has 0 radical (unpaired) electrons. The first-order valence-electron chi connectivity index (χ1n) is 7.10. The van der Waals surface area contributed by atoms with Gasteiger partial charge in [-0.3, -0.25) is 0 Å². The molecule has 0 aliphatic rings. The number of hydrogen-bond donors (Lipinski definition) is 2. The molecule has 0 fully saturated rings. The Labute approximate surface area is 166 Å². The van der Waals surface area contributed by atoms with Crippen LogP contribution in [0, 0.1) is 0 Å². The fourth-order valence-electron chi connectivity index (χ4n) is 1.29. The molecule has 0 aromatic rings. The van der Waals surface area contributed by atoms with E-state index in [2.05, 4.69) is 6.58 Å². The van der Waals surface area contributed by atoms with Crippen molar-refractivity contribution in [3.05, 3.63) is 12.2 Å². The van der Waals surface area contributed by atoms with E-state index in [0.29, 0.717) is 0 Å². The van der Waals surface area contributed by atoms with Crippen LogP contribution >= 0.6 is 0 Å². The molecule has 0 spiro atoms. The molecule has 2 atom stereocenters. The van der Waals surface area contributed by atoms with Crippen molar-refractivity contribution in [1.29, 1.82) is 0 Å². The lowest BCUT2D eigenvalue weighted by molar-refractivity contribution is -0.454. The van der Waals surface area contributed by atoms with Crippen LogP contribution in [0.4, 0.5) is 70.2 Å². The van der Waals surface area contributed by atoms with Crippen LogP contribution in [0.3, 0.4) is 0 Å². The van der Waals surface area contributed by atoms with Crippen molar-refractivity contribution in [1.82, 2.24) is 0 Å². The van der Waals surface area contributed by atoms with Crippen LogP contribution in [0.15, 0.2) is 12.2 Å². The summed E-state index contributed by atoms with van der Waals surface area (Å²) < 4.78 is 201. The number of rotatable bonds is 9. The Kier molecular flexibility index (Phi) is 9.57. The quantitative estimate of drug-likeness (QED) is 0.321. The molecule has 3 nitrogen and oxygen atoms in total. The molecule has 0 aromatic heterocycles. The Morgan fingerprint density at radius 1 is 0.719 bits per heavy atom. The molecular weight excluding hydrogens is 508 g/mol. The molecule has 0 rings (SSSR count). The van der Waals surface area contributed by atoms with E-state index in [9.17, 15) is 75.0 Å². The Morgan fingerprint density at radius 3 is 1.22 bits per heavy atom. The Bertz CT molecular complexity index is 657. The van der Waals surface area contributed by atoms with E-state index in [1.165, 1.54) is 6.92 Å². The number of halogens is 16. The molecule has 2 N–H and O–H groups in total. The number of aliphatic carboxylic acids is 1. The van der Waals surface area contributed by atoms with Gasteiger partial charge in [0.15, 0.2) is 6.17 Å². The van der Waals surface area contributed by atoms with E-state index in [-0.39, 0.29) is 5.57 Å². The van der Waals surface area contributed by atoms with E-state index >= 15 is 0 Å². The molecule has 0 saturated carbocycles. The summed E-state index contributed by atoms with van der Waals surface area (Å²) in [4.78, 5) is 9.60. The normalized spacial score (nSPS) is 16.2. The molecule has 0 aliphatic carbocycles. The van der Waals surface area contributed by atoms with Gasteiger partial charge in [0.05, 0.1) is 0 Å². The third-order valence-corrected chi connectivity index (χ3v) is 3.21. The molecule has 19 heteroatoms. The number of hydrogen-bond acceptors (Lipinski definition) is 2. The average Bonchev–Trinajstić information content (AvgIpc) is 2.58. The Hall–Kier alpha value is -1.95. The van der Waals surface area contributed by atoms with Gasteiger partial charge in [0.2, 0.25) is 6.17 Å².